The van der Waals surface area contributed by atoms with Crippen LogP contribution in [0.25, 0.3) is 27.8 Å². The lowest BCUT2D eigenvalue weighted by atomic mass is 10.0. The summed E-state index contributed by atoms with van der Waals surface area (Å²) in [6, 6.07) is 4.40. The normalized spacial score (nSPS) is 20.3. The minimum atomic E-state index is -1.02. The van der Waals surface area contributed by atoms with Gasteiger partial charge in [0.25, 0.3) is 5.91 Å². The van der Waals surface area contributed by atoms with Gasteiger partial charge in [0.1, 0.15) is 12.2 Å². The number of carbonyl (C=O) groups is 4. The van der Waals surface area contributed by atoms with E-state index in [1.165, 1.54) is 19.8 Å². The Bertz CT molecular complexity index is 2320. The van der Waals surface area contributed by atoms with Gasteiger partial charge in [-0.15, -0.1) is 0 Å². The highest BCUT2D eigenvalue weighted by Gasteiger charge is 2.39. The maximum Gasteiger partial charge on any atom is 0.329 e. The largest absolute Gasteiger partial charge is 0.395 e. The number of hydrogen-bond donors (Lipinski definition) is 4. The summed E-state index contributed by atoms with van der Waals surface area (Å²) < 4.78 is 19.4. The average molecular weight is 713 g/mol. The van der Waals surface area contributed by atoms with Gasteiger partial charge in [-0.3, -0.25) is 33.5 Å². The van der Waals surface area contributed by atoms with E-state index < -0.39 is 30.1 Å². The van der Waals surface area contributed by atoms with Crippen molar-refractivity contribution in [3.8, 4) is 11.1 Å². The number of rotatable bonds is 10. The second-order valence-corrected chi connectivity index (χ2v) is 13.6. The number of carbonyl (C=O) groups excluding carboxylic acids is 4. The highest BCUT2D eigenvalue weighted by Crippen LogP contribution is 2.31. The Morgan fingerprint density at radius 2 is 1.88 bits per heavy atom. The van der Waals surface area contributed by atoms with Crippen LogP contribution in [0, 0.1) is 0 Å². The van der Waals surface area contributed by atoms with Gasteiger partial charge < -0.3 is 21.3 Å². The molecule has 2 aliphatic heterocycles. The monoisotopic (exact) mass is 712 g/mol. The molecule has 5 amide bonds. The Balaban J connectivity index is 0.806. The number of unbranched alkanes of at least 4 members (excludes halogenated alkanes) is 1. The summed E-state index contributed by atoms with van der Waals surface area (Å²) in [6.07, 6.45) is 8.51. The van der Waals surface area contributed by atoms with E-state index in [0.29, 0.717) is 48.5 Å². The zero-order valence-corrected chi connectivity index (χ0v) is 28.3. The molecule has 1 saturated carbocycles. The number of hydrogen-bond acceptors (Lipinski definition) is 9. The number of aromatic nitrogens is 7. The number of imidazole rings is 2. The molecule has 1 aromatic carbocycles. The van der Waals surface area contributed by atoms with Crippen molar-refractivity contribution in [3.05, 3.63) is 64.7 Å². The molecule has 0 spiro atoms. The zero-order valence-electron chi connectivity index (χ0n) is 28.3. The molecule has 17 nitrogen and oxygen atoms in total. The predicted molar refractivity (Wildman–Crippen MR) is 185 cm³/mol. The summed E-state index contributed by atoms with van der Waals surface area (Å²) in [5.74, 6) is -1.25. The third-order valence-electron chi connectivity index (χ3n) is 10.1. The number of likely N-dealkylation sites (tertiary alicyclic amines) is 1. The maximum absolute atomic E-state index is 13.2. The van der Waals surface area contributed by atoms with E-state index >= 15 is 0 Å². The summed E-state index contributed by atoms with van der Waals surface area (Å²) in [5, 5.41) is 16.8. The molecule has 3 atom stereocenters. The Morgan fingerprint density at radius 3 is 2.65 bits per heavy atom. The molecule has 5 N–H and O–H groups in total. The van der Waals surface area contributed by atoms with Crippen LogP contribution in [0.3, 0.4) is 0 Å². The van der Waals surface area contributed by atoms with Gasteiger partial charge in [-0.25, -0.2) is 23.5 Å². The lowest BCUT2D eigenvalue weighted by Gasteiger charge is -2.39. The van der Waals surface area contributed by atoms with Gasteiger partial charge >= 0.3 is 11.7 Å². The topological polar surface area (TPSA) is 209 Å². The Labute approximate surface area is 294 Å². The summed E-state index contributed by atoms with van der Waals surface area (Å²) >= 11 is 0. The van der Waals surface area contributed by atoms with Crippen molar-refractivity contribution in [2.24, 2.45) is 7.05 Å². The number of fused-ring (bicyclic) bond motifs is 2. The van der Waals surface area contributed by atoms with Crippen molar-refractivity contribution in [2.75, 3.05) is 25.4 Å². The van der Waals surface area contributed by atoms with Gasteiger partial charge in [0.05, 0.1) is 47.4 Å². The molecular weight excluding hydrogens is 675 g/mol. The van der Waals surface area contributed by atoms with Gasteiger partial charge in [-0.05, 0) is 43.4 Å². The van der Waals surface area contributed by atoms with Gasteiger partial charge in [0, 0.05) is 56.8 Å². The first-order valence-corrected chi connectivity index (χ1v) is 17.3. The second kappa shape index (κ2) is 12.9. The number of benzene rings is 1. The molecule has 5 aromatic rings. The van der Waals surface area contributed by atoms with E-state index in [1.54, 1.807) is 29.0 Å². The van der Waals surface area contributed by atoms with Gasteiger partial charge in [-0.2, -0.15) is 10.2 Å². The fourth-order valence-corrected chi connectivity index (χ4v) is 6.91. The fourth-order valence-electron chi connectivity index (χ4n) is 6.91. The molecule has 6 heterocycles. The lowest BCUT2D eigenvalue weighted by molar-refractivity contribution is -0.135. The molecule has 18 heteroatoms. The first-order chi connectivity index (χ1) is 25.1. The minimum absolute atomic E-state index is 0.00312. The third kappa shape index (κ3) is 5.92. The van der Waals surface area contributed by atoms with E-state index in [4.69, 9.17) is 5.73 Å². The van der Waals surface area contributed by atoms with Crippen LogP contribution in [-0.4, -0.2) is 94.0 Å². The van der Waals surface area contributed by atoms with Crippen LogP contribution in [0.4, 0.5) is 14.9 Å². The number of alkyl halides is 1. The molecular formula is C34H37FN12O5. The van der Waals surface area contributed by atoms with Crippen LogP contribution in [-0.2, 0) is 23.1 Å². The van der Waals surface area contributed by atoms with Crippen molar-refractivity contribution in [2.45, 2.75) is 62.8 Å². The number of nitrogen functional groups attached to an aromatic ring is 1. The van der Waals surface area contributed by atoms with Crippen molar-refractivity contribution < 1.29 is 23.6 Å². The summed E-state index contributed by atoms with van der Waals surface area (Å²) in [6.45, 7) is 1.51. The highest BCUT2D eigenvalue weighted by atomic mass is 19.1. The second-order valence-electron chi connectivity index (χ2n) is 13.6. The Hall–Kier alpha value is -6.07. The molecule has 4 aromatic heterocycles. The first-order valence-electron chi connectivity index (χ1n) is 17.3. The molecule has 1 unspecified atom stereocenters. The molecule has 0 bridgehead atoms. The number of nitrogens with zero attached hydrogens (tertiary/aromatic N) is 8. The molecule has 0 radical (unpaired) electrons. The Kier molecular flexibility index (Phi) is 8.22. The van der Waals surface area contributed by atoms with Crippen molar-refractivity contribution in [1.29, 1.82) is 0 Å². The SMILES string of the molecule is Cn1c(=O)n(C2CCC(=O)NC2=O)c2ccc(CCCCNC(=O)N3CC(n4cc(-c5cnn6c(C(=O)N[C@@H]7C[C@@H]7F)cnc6c5N)cn4)C3)cc21. The molecule has 3 aliphatic rings. The first kappa shape index (κ1) is 33.1. The molecule has 1 aliphatic carbocycles. The number of piperidine rings is 1. The van der Waals surface area contributed by atoms with Gasteiger partial charge in [0.15, 0.2) is 11.3 Å². The quantitative estimate of drug-likeness (QED) is 0.121. The lowest BCUT2D eigenvalue weighted by Crippen LogP contribution is -2.54. The summed E-state index contributed by atoms with van der Waals surface area (Å²) in [4.78, 5) is 68.4. The van der Waals surface area contributed by atoms with Gasteiger partial charge in [0.2, 0.25) is 11.8 Å². The van der Waals surface area contributed by atoms with Crippen LogP contribution in [0.5, 0.6) is 0 Å². The highest BCUT2D eigenvalue weighted by molar-refractivity contribution is 6.00. The number of amides is 5. The Morgan fingerprint density at radius 1 is 1.08 bits per heavy atom. The molecule has 3 fully saturated rings. The van der Waals surface area contributed by atoms with E-state index in [0.717, 1.165) is 35.9 Å². The molecule has 2 saturated heterocycles. The number of imide groups is 1. The van der Waals surface area contributed by atoms with Crippen LogP contribution in [0.1, 0.15) is 60.2 Å². The maximum atomic E-state index is 13.2. The van der Waals surface area contributed by atoms with Gasteiger partial charge in [-0.1, -0.05) is 6.07 Å². The number of nitrogens with two attached hydrogens (primary N) is 1. The van der Waals surface area contributed by atoms with E-state index in [-0.39, 0.29) is 42.2 Å². The zero-order chi connectivity index (χ0) is 36.3. The summed E-state index contributed by atoms with van der Waals surface area (Å²) in [5.41, 5.74) is 10.7. The predicted octanol–water partition coefficient (Wildman–Crippen LogP) is 1.24. The van der Waals surface area contributed by atoms with E-state index in [2.05, 4.69) is 31.1 Å². The fraction of sp³-hybridized carbons (Fsp3) is 0.412. The smallest absolute Gasteiger partial charge is 0.329 e. The van der Waals surface area contributed by atoms with Crippen LogP contribution < -0.4 is 27.4 Å². The van der Waals surface area contributed by atoms with Crippen molar-refractivity contribution in [3.63, 3.8) is 0 Å². The third-order valence-corrected chi connectivity index (χ3v) is 10.1. The summed E-state index contributed by atoms with van der Waals surface area (Å²) in [7, 11) is 1.67. The molecule has 52 heavy (non-hydrogen) atoms. The number of aryl methyl sites for hydroxylation is 2. The molecule has 8 rings (SSSR count). The molecule has 270 valence electrons. The minimum Gasteiger partial charge on any atom is -0.395 e. The number of halogens is 1. The van der Waals surface area contributed by atoms with Crippen LogP contribution in [0.15, 0.2) is 47.8 Å². The van der Waals surface area contributed by atoms with Crippen molar-refractivity contribution in [1.82, 2.24) is 54.4 Å². The van der Waals surface area contributed by atoms with Crippen LogP contribution >= 0.6 is 0 Å². The average Bonchev–Trinajstić information content (AvgIpc) is 3.43. The van der Waals surface area contributed by atoms with Crippen molar-refractivity contribution >= 4 is 46.1 Å². The van der Waals surface area contributed by atoms with E-state index in [9.17, 15) is 28.4 Å². The van der Waals surface area contributed by atoms with E-state index in [1.807, 2.05) is 24.4 Å². The number of anilines is 1. The standard InChI is InChI=1S/C34H37FN12O5/c1-43-26-10-18(5-6-24(26)46(34(43)52)25-7-8-28(48)42-31(25)49)4-2-3-9-37-33(51)44-16-20(17-44)45-15-19(12-39-45)21-13-40-47-27(14-38-30(47)29(21)36)32(50)41-23-11-22(23)35/h5-6,10,12-15,20,22-23,25H,2-4,7-9,11,16-17,36H2,1H3,(H,37,51)(H,41,50)(H,42,48,49)/t22-,23+,25?/m0/s1. The number of urea groups is 1. The van der Waals surface area contributed by atoms with Crippen LogP contribution in [0.2, 0.25) is 0 Å². The number of nitrogens with one attached hydrogen (secondary N) is 3.